The van der Waals surface area contributed by atoms with Crippen molar-refractivity contribution in [2.24, 2.45) is 0 Å². The second kappa shape index (κ2) is 7.25. The van der Waals surface area contributed by atoms with Gasteiger partial charge in [-0.05, 0) is 30.2 Å². The number of nitriles is 1. The van der Waals surface area contributed by atoms with Crippen molar-refractivity contribution in [3.63, 3.8) is 0 Å². The van der Waals surface area contributed by atoms with Crippen LogP contribution in [-0.4, -0.2) is 51.1 Å². The Kier molecular flexibility index (Phi) is 4.89. The number of carbonyl (C=O) groups is 1. The Morgan fingerprint density at radius 3 is 3.08 bits per heavy atom. The summed E-state index contributed by atoms with van der Waals surface area (Å²) in [6.45, 7) is 1.90. The van der Waals surface area contributed by atoms with Crippen molar-refractivity contribution in [2.45, 2.75) is 25.1 Å². The molecule has 2 atom stereocenters. The van der Waals surface area contributed by atoms with Crippen molar-refractivity contribution >= 4 is 5.91 Å². The Bertz CT molecular complexity index is 737. The average molecular weight is 325 g/mol. The van der Waals surface area contributed by atoms with Crippen molar-refractivity contribution in [3.8, 4) is 6.07 Å². The van der Waals surface area contributed by atoms with Gasteiger partial charge >= 0.3 is 0 Å². The summed E-state index contributed by atoms with van der Waals surface area (Å²) >= 11 is 0. The number of β-amino-alcohol motifs (C(OH)–C–C–N with tert-alkyl or cyclic N) is 1. The van der Waals surface area contributed by atoms with E-state index in [0.717, 1.165) is 12.1 Å². The lowest BCUT2D eigenvalue weighted by Crippen LogP contribution is -2.53. The topological polar surface area (TPSA) is 105 Å². The predicted octanol–water partition coefficient (Wildman–Crippen LogP) is 0.647. The fraction of sp³-hybridized carbons (Fsp3) is 0.353. The molecular formula is C17H19N5O2. The molecule has 1 fully saturated rings. The monoisotopic (exact) mass is 325 g/mol. The molecule has 7 nitrogen and oxygen atoms in total. The van der Waals surface area contributed by atoms with Crippen LogP contribution in [0.1, 0.15) is 28.2 Å². The summed E-state index contributed by atoms with van der Waals surface area (Å²) in [7, 11) is 0. The molecule has 1 saturated heterocycles. The standard InChI is InChI=1S/C17H19N5O2/c18-8-13-7-12(9-20-13)10-22-6-4-14(16(23)11-22)21-17(24)15-3-1-2-5-19-15/h1-3,5,7,9,14,16,20,23H,4,6,10-11H2,(H,21,24)/t14-,16-/m1/s1. The smallest absolute Gasteiger partial charge is 0.270 e. The van der Waals surface area contributed by atoms with Gasteiger partial charge in [0.1, 0.15) is 17.5 Å². The molecule has 0 bridgehead atoms. The summed E-state index contributed by atoms with van der Waals surface area (Å²) in [5.41, 5.74) is 1.89. The van der Waals surface area contributed by atoms with E-state index in [9.17, 15) is 9.90 Å². The zero-order valence-electron chi connectivity index (χ0n) is 13.1. The van der Waals surface area contributed by atoms with E-state index >= 15 is 0 Å². The van der Waals surface area contributed by atoms with Gasteiger partial charge < -0.3 is 15.4 Å². The molecule has 0 spiro atoms. The number of nitrogens with zero attached hydrogens (tertiary/aromatic N) is 3. The second-order valence-corrected chi connectivity index (χ2v) is 5.92. The normalized spacial score (nSPS) is 21.2. The van der Waals surface area contributed by atoms with Crippen molar-refractivity contribution in [3.05, 3.63) is 53.6 Å². The molecular weight excluding hydrogens is 306 g/mol. The Morgan fingerprint density at radius 2 is 2.42 bits per heavy atom. The van der Waals surface area contributed by atoms with Crippen LogP contribution in [0.5, 0.6) is 0 Å². The molecule has 1 amide bonds. The molecule has 24 heavy (non-hydrogen) atoms. The van der Waals surface area contributed by atoms with E-state index in [1.54, 1.807) is 36.7 Å². The molecule has 3 rings (SSSR count). The lowest BCUT2D eigenvalue weighted by atomic mass is 10.0. The third-order valence-electron chi connectivity index (χ3n) is 4.15. The lowest BCUT2D eigenvalue weighted by molar-refractivity contribution is 0.0348. The number of aliphatic hydroxyl groups is 1. The number of aliphatic hydroxyl groups excluding tert-OH is 1. The number of aromatic nitrogens is 2. The van der Waals surface area contributed by atoms with Gasteiger partial charge in [0.15, 0.2) is 0 Å². The number of hydrogen-bond acceptors (Lipinski definition) is 5. The molecule has 0 radical (unpaired) electrons. The van der Waals surface area contributed by atoms with E-state index in [1.165, 1.54) is 0 Å². The Morgan fingerprint density at radius 1 is 1.54 bits per heavy atom. The number of rotatable bonds is 4. The van der Waals surface area contributed by atoms with Crippen LogP contribution in [0.3, 0.4) is 0 Å². The van der Waals surface area contributed by atoms with Crippen LogP contribution >= 0.6 is 0 Å². The molecule has 3 heterocycles. The number of aromatic amines is 1. The summed E-state index contributed by atoms with van der Waals surface area (Å²) in [6, 6.07) is 8.75. The maximum atomic E-state index is 12.1. The lowest BCUT2D eigenvalue weighted by Gasteiger charge is -2.36. The summed E-state index contributed by atoms with van der Waals surface area (Å²) < 4.78 is 0. The van der Waals surface area contributed by atoms with Crippen molar-refractivity contribution in [1.29, 1.82) is 5.26 Å². The molecule has 3 N–H and O–H groups in total. The largest absolute Gasteiger partial charge is 0.390 e. The van der Waals surface area contributed by atoms with Crippen LogP contribution in [0.4, 0.5) is 0 Å². The molecule has 7 heteroatoms. The fourth-order valence-corrected chi connectivity index (χ4v) is 2.90. The van der Waals surface area contributed by atoms with Crippen LogP contribution in [0.15, 0.2) is 36.7 Å². The van der Waals surface area contributed by atoms with Crippen LogP contribution in [0.2, 0.25) is 0 Å². The van der Waals surface area contributed by atoms with Gasteiger partial charge in [-0.1, -0.05) is 6.07 Å². The van der Waals surface area contributed by atoms with Crippen molar-refractivity contribution < 1.29 is 9.90 Å². The second-order valence-electron chi connectivity index (χ2n) is 5.92. The molecule has 124 valence electrons. The number of hydrogen-bond donors (Lipinski definition) is 3. The maximum absolute atomic E-state index is 12.1. The number of carbonyl (C=O) groups excluding carboxylic acids is 1. The van der Waals surface area contributed by atoms with Crippen LogP contribution in [-0.2, 0) is 6.54 Å². The van der Waals surface area contributed by atoms with Crippen molar-refractivity contribution in [1.82, 2.24) is 20.2 Å². The maximum Gasteiger partial charge on any atom is 0.270 e. The minimum absolute atomic E-state index is 0.266. The fourth-order valence-electron chi connectivity index (χ4n) is 2.90. The van der Waals surface area contributed by atoms with Gasteiger partial charge in [-0.15, -0.1) is 0 Å². The minimum atomic E-state index is -0.638. The van der Waals surface area contributed by atoms with Gasteiger partial charge in [0.2, 0.25) is 0 Å². The summed E-state index contributed by atoms with van der Waals surface area (Å²) in [6.07, 6.45) is 3.40. The first-order chi connectivity index (χ1) is 11.7. The molecule has 2 aromatic rings. The van der Waals surface area contributed by atoms with Gasteiger partial charge in [0.25, 0.3) is 5.91 Å². The van der Waals surface area contributed by atoms with E-state index in [0.29, 0.717) is 30.9 Å². The third kappa shape index (κ3) is 3.79. The van der Waals surface area contributed by atoms with E-state index in [4.69, 9.17) is 5.26 Å². The van der Waals surface area contributed by atoms with E-state index in [1.807, 2.05) is 0 Å². The highest BCUT2D eigenvalue weighted by molar-refractivity contribution is 5.92. The Balaban J connectivity index is 1.53. The SMILES string of the molecule is N#Cc1cc(CN2CC[C@@H](NC(=O)c3ccccn3)[C@H](O)C2)c[nH]1. The Labute approximate surface area is 139 Å². The first-order valence-electron chi connectivity index (χ1n) is 7.85. The van der Waals surface area contributed by atoms with Crippen LogP contribution < -0.4 is 5.32 Å². The van der Waals surface area contributed by atoms with Crippen LogP contribution in [0, 0.1) is 11.3 Å². The highest BCUT2D eigenvalue weighted by atomic mass is 16.3. The molecule has 0 aromatic carbocycles. The zero-order valence-corrected chi connectivity index (χ0v) is 13.1. The number of nitrogens with one attached hydrogen (secondary N) is 2. The first kappa shape index (κ1) is 16.2. The highest BCUT2D eigenvalue weighted by Gasteiger charge is 2.29. The van der Waals surface area contributed by atoms with Crippen LogP contribution in [0.25, 0.3) is 0 Å². The predicted molar refractivity (Wildman–Crippen MR) is 86.9 cm³/mol. The molecule has 1 aliphatic heterocycles. The number of piperidine rings is 1. The molecule has 0 unspecified atom stereocenters. The van der Waals surface area contributed by atoms with Gasteiger partial charge in [-0.25, -0.2) is 0 Å². The van der Waals surface area contributed by atoms with Crippen molar-refractivity contribution in [2.75, 3.05) is 13.1 Å². The van der Waals surface area contributed by atoms with E-state index < -0.39 is 6.10 Å². The average Bonchev–Trinajstić information content (AvgIpc) is 3.05. The highest BCUT2D eigenvalue weighted by Crippen LogP contribution is 2.15. The molecule has 2 aromatic heterocycles. The quantitative estimate of drug-likeness (QED) is 0.765. The van der Waals surface area contributed by atoms with Gasteiger partial charge in [-0.3, -0.25) is 14.7 Å². The van der Waals surface area contributed by atoms with E-state index in [-0.39, 0.29) is 11.9 Å². The first-order valence-corrected chi connectivity index (χ1v) is 7.85. The zero-order chi connectivity index (χ0) is 16.9. The Hall–Kier alpha value is -2.69. The summed E-state index contributed by atoms with van der Waals surface area (Å²) in [4.78, 5) is 21.2. The molecule has 1 aliphatic rings. The van der Waals surface area contributed by atoms with Gasteiger partial charge in [0, 0.05) is 32.0 Å². The third-order valence-corrected chi connectivity index (χ3v) is 4.15. The molecule has 0 saturated carbocycles. The summed E-state index contributed by atoms with van der Waals surface area (Å²) in [5.74, 6) is -0.266. The number of amides is 1. The van der Waals surface area contributed by atoms with Gasteiger partial charge in [0.05, 0.1) is 12.1 Å². The number of H-pyrrole nitrogens is 1. The number of pyridine rings is 1. The summed E-state index contributed by atoms with van der Waals surface area (Å²) in [5, 5.41) is 22.0. The van der Waals surface area contributed by atoms with Gasteiger partial charge in [-0.2, -0.15) is 5.26 Å². The van der Waals surface area contributed by atoms with E-state index in [2.05, 4.69) is 26.3 Å². The molecule has 0 aliphatic carbocycles. The minimum Gasteiger partial charge on any atom is -0.390 e. The number of likely N-dealkylation sites (tertiary alicyclic amines) is 1.